The summed E-state index contributed by atoms with van der Waals surface area (Å²) in [4.78, 5) is 5.39. The number of rotatable bonds is 3. The second-order valence-corrected chi connectivity index (χ2v) is 8.96. The van der Waals surface area contributed by atoms with Crippen molar-refractivity contribution in [2.24, 2.45) is 0 Å². The number of aryl methyl sites for hydroxylation is 1. The number of hydrogen-bond donors (Lipinski definition) is 0. The average Bonchev–Trinajstić information content (AvgIpc) is 3.24. The van der Waals surface area contributed by atoms with E-state index in [2.05, 4.69) is 4.98 Å². The Morgan fingerprint density at radius 2 is 1.79 bits per heavy atom. The molecule has 0 saturated heterocycles. The number of halogens is 2. The van der Waals surface area contributed by atoms with Crippen LogP contribution < -0.4 is 0 Å². The normalized spacial score (nSPS) is 18.3. The van der Waals surface area contributed by atoms with Crippen molar-refractivity contribution >= 4 is 29.6 Å². The molecule has 0 atom stereocenters. The lowest BCUT2D eigenvalue weighted by molar-refractivity contribution is -0.363. The first-order valence-corrected chi connectivity index (χ1v) is 10.7. The number of nitrogens with zero attached hydrogens (tertiary/aromatic N) is 3. The van der Waals surface area contributed by atoms with E-state index in [9.17, 15) is 0 Å². The van der Waals surface area contributed by atoms with Crippen molar-refractivity contribution in [3.8, 4) is 0 Å². The summed E-state index contributed by atoms with van der Waals surface area (Å²) in [7, 11) is 0. The van der Waals surface area contributed by atoms with Gasteiger partial charge in [0.2, 0.25) is 0 Å². The molecule has 2 aliphatic rings. The second-order valence-electron chi connectivity index (χ2n) is 7.73. The first-order valence-electron chi connectivity index (χ1n) is 9.90. The molecule has 2 aromatic rings. The van der Waals surface area contributed by atoms with Gasteiger partial charge in [-0.3, -0.25) is 0 Å². The minimum absolute atomic E-state index is 0.666. The fraction of sp³-hybridized carbons (Fsp3) is 0.429. The molecule has 3 nitrogen and oxygen atoms in total. The molecule has 4 rings (SSSR count). The van der Waals surface area contributed by atoms with E-state index in [0.717, 1.165) is 50.6 Å². The van der Waals surface area contributed by atoms with Gasteiger partial charge in [-0.15, -0.1) is 11.3 Å². The summed E-state index contributed by atoms with van der Waals surface area (Å²) in [6.45, 7) is 9.71. The Hall–Kier alpha value is -2.02. The van der Waals surface area contributed by atoms with Crippen molar-refractivity contribution in [1.29, 1.82) is 0 Å². The molecule has 148 valence electrons. The van der Waals surface area contributed by atoms with E-state index in [4.69, 9.17) is 0 Å². The zero-order chi connectivity index (χ0) is 20.5. The molecule has 28 heavy (non-hydrogen) atoms. The van der Waals surface area contributed by atoms with Crippen molar-refractivity contribution in [1.82, 2.24) is 9.46 Å². The van der Waals surface area contributed by atoms with Crippen LogP contribution in [0.15, 0.2) is 23.0 Å². The number of thiazole rings is 1. The lowest BCUT2D eigenvalue weighted by Crippen LogP contribution is -2.51. The van der Waals surface area contributed by atoms with Gasteiger partial charge in [-0.1, -0.05) is 13.8 Å². The van der Waals surface area contributed by atoms with Gasteiger partial charge in [0.1, 0.15) is 5.71 Å². The highest BCUT2D eigenvalue weighted by Gasteiger charge is 2.56. The van der Waals surface area contributed by atoms with Crippen molar-refractivity contribution in [2.75, 3.05) is 0 Å². The summed E-state index contributed by atoms with van der Waals surface area (Å²) in [5, 5.41) is 0.941. The van der Waals surface area contributed by atoms with Crippen molar-refractivity contribution in [2.45, 2.75) is 61.3 Å². The smallest absolute Gasteiger partial charge is 0.393 e. The predicted molar refractivity (Wildman–Crippen MR) is 113 cm³/mol. The van der Waals surface area contributed by atoms with Crippen LogP contribution in [0.1, 0.15) is 66.5 Å². The Labute approximate surface area is 169 Å². The molecule has 0 aliphatic carbocycles. The Morgan fingerprint density at radius 3 is 2.32 bits per heavy atom. The Kier molecular flexibility index (Phi) is 4.30. The molecule has 0 amide bonds. The van der Waals surface area contributed by atoms with E-state index < -0.39 is 6.97 Å². The highest BCUT2D eigenvalue weighted by atomic mass is 32.1. The van der Waals surface area contributed by atoms with Gasteiger partial charge in [0.15, 0.2) is 5.70 Å². The van der Waals surface area contributed by atoms with Gasteiger partial charge in [-0.2, -0.15) is 0 Å². The van der Waals surface area contributed by atoms with Gasteiger partial charge >= 0.3 is 6.97 Å². The maximum atomic E-state index is 16.0. The molecule has 0 fully saturated rings. The topological polar surface area (TPSA) is 20.8 Å². The molecule has 0 spiro atoms. The summed E-state index contributed by atoms with van der Waals surface area (Å²) < 4.78 is 34.7. The van der Waals surface area contributed by atoms with Crippen LogP contribution in [-0.2, 0) is 6.42 Å². The highest BCUT2D eigenvalue weighted by Crippen LogP contribution is 2.47. The predicted octanol–water partition coefficient (Wildman–Crippen LogP) is 5.64. The molecule has 2 aromatic heterocycles. The zero-order valence-corrected chi connectivity index (χ0v) is 18.4. The van der Waals surface area contributed by atoms with Crippen molar-refractivity contribution in [3.63, 3.8) is 0 Å². The third-order valence-electron chi connectivity index (χ3n) is 6.36. The van der Waals surface area contributed by atoms with Crippen LogP contribution in [0.2, 0.25) is 0 Å². The van der Waals surface area contributed by atoms with Crippen LogP contribution in [0.3, 0.4) is 0 Å². The second kappa shape index (κ2) is 6.24. The third kappa shape index (κ3) is 2.25. The number of aromatic nitrogens is 2. The van der Waals surface area contributed by atoms with Crippen molar-refractivity contribution < 1.29 is 13.1 Å². The Balaban J connectivity index is 2.23. The van der Waals surface area contributed by atoms with Crippen LogP contribution in [0, 0.1) is 20.8 Å². The lowest BCUT2D eigenvalue weighted by atomic mass is 9.85. The first kappa shape index (κ1) is 19.3. The molecule has 0 saturated carbocycles. The van der Waals surface area contributed by atoms with E-state index in [-0.39, 0.29) is 0 Å². The Morgan fingerprint density at radius 1 is 1.11 bits per heavy atom. The van der Waals surface area contributed by atoms with Gasteiger partial charge < -0.3 is 17.6 Å². The summed E-state index contributed by atoms with van der Waals surface area (Å²) in [6.07, 6.45) is 3.32. The molecule has 0 aromatic carbocycles. The van der Waals surface area contributed by atoms with Crippen LogP contribution in [0.5, 0.6) is 0 Å². The van der Waals surface area contributed by atoms with E-state index in [1.54, 1.807) is 11.3 Å². The molecule has 4 heterocycles. The van der Waals surface area contributed by atoms with Crippen LogP contribution in [0.4, 0.5) is 8.63 Å². The monoisotopic (exact) mass is 401 g/mol. The SMILES string of the molecule is CCC1=C(C)C2=C(c3cnc(C)s3)c3c(C)c(CC)c(C)n3[B-](F)(F)[N+]2=C1C. The van der Waals surface area contributed by atoms with Gasteiger partial charge in [0.05, 0.1) is 15.5 Å². The fourth-order valence-electron chi connectivity index (χ4n) is 5.19. The first-order chi connectivity index (χ1) is 13.2. The number of hydrogen-bond acceptors (Lipinski definition) is 2. The molecule has 7 heteroatoms. The van der Waals surface area contributed by atoms with Gasteiger partial charge in [0, 0.05) is 30.0 Å². The molecular formula is C21H26BF2N3S. The summed E-state index contributed by atoms with van der Waals surface area (Å²) in [5.74, 6) is 0. The van der Waals surface area contributed by atoms with E-state index in [0.29, 0.717) is 22.8 Å². The van der Waals surface area contributed by atoms with Gasteiger partial charge in [0.25, 0.3) is 0 Å². The zero-order valence-electron chi connectivity index (χ0n) is 17.6. The third-order valence-corrected chi connectivity index (χ3v) is 7.29. The molecular weight excluding hydrogens is 375 g/mol. The summed E-state index contributed by atoms with van der Waals surface area (Å²) in [5.41, 5.74) is 7.55. The summed E-state index contributed by atoms with van der Waals surface area (Å²) in [6, 6.07) is 0. The van der Waals surface area contributed by atoms with Gasteiger partial charge in [-0.05, 0) is 57.4 Å². The maximum Gasteiger partial charge on any atom is 0.737 e. The maximum absolute atomic E-state index is 16.0. The molecule has 2 aliphatic heterocycles. The van der Waals surface area contributed by atoms with E-state index >= 15 is 8.63 Å². The summed E-state index contributed by atoms with van der Waals surface area (Å²) >= 11 is 1.57. The minimum Gasteiger partial charge on any atom is -0.393 e. The highest BCUT2D eigenvalue weighted by molar-refractivity contribution is 7.12. The number of allylic oxidation sites excluding steroid dienone is 2. The molecule has 0 unspecified atom stereocenters. The van der Waals surface area contributed by atoms with Crippen LogP contribution in [-0.4, -0.2) is 26.6 Å². The van der Waals surface area contributed by atoms with Gasteiger partial charge in [-0.25, -0.2) is 4.98 Å². The molecule has 0 radical (unpaired) electrons. The van der Waals surface area contributed by atoms with Crippen molar-refractivity contribution in [3.05, 3.63) is 55.4 Å². The fourth-order valence-corrected chi connectivity index (χ4v) is 6.01. The minimum atomic E-state index is -3.95. The van der Waals surface area contributed by atoms with Crippen LogP contribution in [0.25, 0.3) is 5.57 Å². The lowest BCUT2D eigenvalue weighted by Gasteiger charge is -2.33. The number of fused-ring (bicyclic) bond motifs is 2. The van der Waals surface area contributed by atoms with E-state index in [1.165, 1.54) is 8.96 Å². The molecule has 0 bridgehead atoms. The average molecular weight is 401 g/mol. The molecule has 0 N–H and O–H groups in total. The quantitative estimate of drug-likeness (QED) is 0.610. The standard InChI is InChI=1S/C21H26BF2N3S/c1-8-16-11(3)20-19(18-10-25-15(7)28-18)21-12(4)17(9-2)14(6)27(21)22(23,24)26(20)13(16)5/h10H,8-9H2,1-7H3. The largest absolute Gasteiger partial charge is 0.737 e. The Bertz CT molecular complexity index is 1120. The van der Waals surface area contributed by atoms with Crippen LogP contribution >= 0.6 is 11.3 Å². The van der Waals surface area contributed by atoms with E-state index in [1.807, 2.05) is 54.7 Å².